The zero-order valence-corrected chi connectivity index (χ0v) is 22.5. The Kier molecular flexibility index (Phi) is 9.54. The Balaban J connectivity index is 2.06. The van der Waals surface area contributed by atoms with E-state index in [0.29, 0.717) is 17.4 Å². The topological polar surface area (TPSA) is 96.0 Å². The highest BCUT2D eigenvalue weighted by Crippen LogP contribution is 2.32. The molecule has 2 amide bonds. The fourth-order valence-corrected chi connectivity index (χ4v) is 5.32. The van der Waals surface area contributed by atoms with E-state index in [0.717, 1.165) is 9.87 Å². The molecule has 3 aromatic rings. The third-order valence-electron chi connectivity index (χ3n) is 5.72. The van der Waals surface area contributed by atoms with Crippen LogP contribution in [-0.4, -0.2) is 51.4 Å². The first kappa shape index (κ1) is 28.0. The van der Waals surface area contributed by atoms with Crippen LogP contribution in [-0.2, 0) is 26.2 Å². The Morgan fingerprint density at radius 1 is 0.973 bits per heavy atom. The number of sulfonamides is 1. The van der Waals surface area contributed by atoms with E-state index in [-0.39, 0.29) is 23.0 Å². The molecule has 0 radical (unpaired) electrons. The molecule has 37 heavy (non-hydrogen) atoms. The van der Waals surface area contributed by atoms with Crippen molar-refractivity contribution < 1.29 is 22.7 Å². The monoisotopic (exact) mass is 543 g/mol. The summed E-state index contributed by atoms with van der Waals surface area (Å²) in [6.45, 7) is 3.22. The molecule has 0 saturated heterocycles. The first-order valence-corrected chi connectivity index (χ1v) is 13.6. The van der Waals surface area contributed by atoms with Crippen LogP contribution < -0.4 is 14.4 Å². The van der Waals surface area contributed by atoms with Crippen LogP contribution in [0.25, 0.3) is 0 Å². The quantitative estimate of drug-likeness (QED) is 0.393. The van der Waals surface area contributed by atoms with Gasteiger partial charge in [0.2, 0.25) is 11.8 Å². The zero-order chi connectivity index (χ0) is 27.0. The van der Waals surface area contributed by atoms with Crippen LogP contribution in [0.3, 0.4) is 0 Å². The molecule has 0 spiro atoms. The summed E-state index contributed by atoms with van der Waals surface area (Å²) >= 11 is 6.00. The van der Waals surface area contributed by atoms with Crippen LogP contribution in [0.5, 0.6) is 5.75 Å². The van der Waals surface area contributed by atoms with Gasteiger partial charge in [-0.25, -0.2) is 8.42 Å². The van der Waals surface area contributed by atoms with Crippen molar-refractivity contribution in [1.29, 1.82) is 0 Å². The van der Waals surface area contributed by atoms with Gasteiger partial charge in [-0.2, -0.15) is 0 Å². The van der Waals surface area contributed by atoms with Crippen molar-refractivity contribution >= 4 is 39.1 Å². The van der Waals surface area contributed by atoms with Crippen molar-refractivity contribution in [3.8, 4) is 5.75 Å². The van der Waals surface area contributed by atoms with Crippen LogP contribution in [0.15, 0.2) is 83.8 Å². The molecule has 0 heterocycles. The van der Waals surface area contributed by atoms with Crippen LogP contribution in [0.1, 0.15) is 19.4 Å². The maximum atomic E-state index is 13.8. The Labute approximate surface area is 222 Å². The number of nitrogens with zero attached hydrogens (tertiary/aromatic N) is 2. The molecule has 10 heteroatoms. The summed E-state index contributed by atoms with van der Waals surface area (Å²) in [5.74, 6) is -0.618. The molecule has 0 fully saturated rings. The summed E-state index contributed by atoms with van der Waals surface area (Å²) in [5.41, 5.74) is 0.960. The van der Waals surface area contributed by atoms with Crippen LogP contribution in [0, 0.1) is 0 Å². The van der Waals surface area contributed by atoms with Crippen molar-refractivity contribution in [3.63, 3.8) is 0 Å². The average molecular weight is 544 g/mol. The number of ether oxygens (including phenoxy) is 1. The number of likely N-dealkylation sites (N-methyl/N-ethyl adjacent to an activating group) is 1. The van der Waals surface area contributed by atoms with Gasteiger partial charge in [-0.05, 0) is 55.8 Å². The minimum atomic E-state index is -4.17. The Hall–Kier alpha value is -3.56. The lowest BCUT2D eigenvalue weighted by atomic mass is 10.1. The summed E-state index contributed by atoms with van der Waals surface area (Å²) in [6, 6.07) is 20.5. The summed E-state index contributed by atoms with van der Waals surface area (Å²) in [6.07, 6.45) is 0. The normalized spacial score (nSPS) is 11.9. The standard InChI is InChI=1S/C27H30ClN3O5S/c1-4-36-25-13-9-8-12-24(25)31(37(34,35)23-10-6-5-7-11-23)19-26(32)30(20(2)27(33)29-3)18-21-14-16-22(28)17-15-21/h5-17,20H,4,18-19H2,1-3H3,(H,29,33)/t20-/m0/s1. The fourth-order valence-electron chi connectivity index (χ4n) is 3.75. The summed E-state index contributed by atoms with van der Waals surface area (Å²) < 4.78 is 34.3. The van der Waals surface area contributed by atoms with Crippen LogP contribution in [0.4, 0.5) is 5.69 Å². The third kappa shape index (κ3) is 6.81. The Morgan fingerprint density at radius 3 is 2.22 bits per heavy atom. The van der Waals surface area contributed by atoms with Crippen molar-refractivity contribution in [3.05, 3.63) is 89.4 Å². The number of nitrogens with one attached hydrogen (secondary N) is 1. The van der Waals surface area contributed by atoms with Gasteiger partial charge in [0.25, 0.3) is 10.0 Å². The molecule has 196 valence electrons. The molecule has 1 atom stereocenters. The first-order chi connectivity index (χ1) is 17.7. The van der Waals surface area contributed by atoms with Crippen LogP contribution >= 0.6 is 11.6 Å². The highest BCUT2D eigenvalue weighted by atomic mass is 35.5. The summed E-state index contributed by atoms with van der Waals surface area (Å²) in [7, 11) is -2.69. The van der Waals surface area contributed by atoms with Gasteiger partial charge >= 0.3 is 0 Å². The SMILES string of the molecule is CCOc1ccccc1N(CC(=O)N(Cc1ccc(Cl)cc1)[C@@H](C)C(=O)NC)S(=O)(=O)c1ccccc1. The lowest BCUT2D eigenvalue weighted by molar-refractivity contribution is -0.139. The third-order valence-corrected chi connectivity index (χ3v) is 7.75. The second-order valence-corrected chi connectivity index (χ2v) is 10.5. The molecule has 0 aliphatic carbocycles. The number of anilines is 1. The van der Waals surface area contributed by atoms with Gasteiger partial charge in [-0.1, -0.05) is 54.1 Å². The maximum Gasteiger partial charge on any atom is 0.264 e. The predicted octanol–water partition coefficient (Wildman–Crippen LogP) is 4.10. The molecule has 3 aromatic carbocycles. The van der Waals surface area contributed by atoms with E-state index in [1.54, 1.807) is 80.6 Å². The van der Waals surface area contributed by atoms with Crippen LogP contribution in [0.2, 0.25) is 5.02 Å². The van der Waals surface area contributed by atoms with Gasteiger partial charge in [0.05, 0.1) is 17.2 Å². The molecule has 8 nitrogen and oxygen atoms in total. The van der Waals surface area contributed by atoms with Gasteiger partial charge in [-0.15, -0.1) is 0 Å². The van der Waals surface area contributed by atoms with E-state index in [9.17, 15) is 18.0 Å². The number of amides is 2. The second kappa shape index (κ2) is 12.6. The molecule has 3 rings (SSSR count). The molecule has 0 aliphatic heterocycles. The van der Waals surface area contributed by atoms with Gasteiger partial charge < -0.3 is 15.0 Å². The number of carbonyl (C=O) groups excluding carboxylic acids is 2. The fraction of sp³-hybridized carbons (Fsp3) is 0.259. The van der Waals surface area contributed by atoms with Crippen molar-refractivity contribution in [2.75, 3.05) is 24.5 Å². The first-order valence-electron chi connectivity index (χ1n) is 11.7. The second-order valence-electron chi connectivity index (χ2n) is 8.16. The molecule has 0 unspecified atom stereocenters. The Morgan fingerprint density at radius 2 is 1.59 bits per heavy atom. The number of benzene rings is 3. The molecule has 0 bridgehead atoms. The van der Waals surface area contributed by atoms with Gasteiger partial charge in [0.15, 0.2) is 0 Å². The average Bonchev–Trinajstić information content (AvgIpc) is 2.91. The predicted molar refractivity (Wildman–Crippen MR) is 144 cm³/mol. The molecule has 1 N–H and O–H groups in total. The smallest absolute Gasteiger partial charge is 0.264 e. The van der Waals surface area contributed by atoms with E-state index in [4.69, 9.17) is 16.3 Å². The minimum absolute atomic E-state index is 0.0257. The van der Waals surface area contributed by atoms with Crippen molar-refractivity contribution in [1.82, 2.24) is 10.2 Å². The number of carbonyl (C=O) groups is 2. The molecular formula is C27H30ClN3O5S. The van der Waals surface area contributed by atoms with Crippen molar-refractivity contribution in [2.45, 2.75) is 31.3 Å². The highest BCUT2D eigenvalue weighted by Gasteiger charge is 2.33. The number of rotatable bonds is 11. The lowest BCUT2D eigenvalue weighted by Gasteiger charge is -2.32. The van der Waals surface area contributed by atoms with Crippen molar-refractivity contribution in [2.24, 2.45) is 0 Å². The summed E-state index contributed by atoms with van der Waals surface area (Å²) in [5, 5.41) is 3.09. The van der Waals surface area contributed by atoms with Gasteiger partial charge in [0.1, 0.15) is 18.3 Å². The number of halogens is 1. The largest absolute Gasteiger partial charge is 0.492 e. The minimum Gasteiger partial charge on any atom is -0.492 e. The zero-order valence-electron chi connectivity index (χ0n) is 20.9. The number of para-hydroxylation sites is 2. The van der Waals surface area contributed by atoms with Gasteiger partial charge in [0, 0.05) is 18.6 Å². The molecular weight excluding hydrogens is 514 g/mol. The Bertz CT molecular complexity index is 1320. The molecule has 0 aromatic heterocycles. The van der Waals surface area contributed by atoms with E-state index in [1.807, 2.05) is 0 Å². The number of hydrogen-bond acceptors (Lipinski definition) is 5. The van der Waals surface area contributed by atoms with E-state index in [1.165, 1.54) is 24.1 Å². The number of hydrogen-bond donors (Lipinski definition) is 1. The maximum absolute atomic E-state index is 13.8. The molecule has 0 saturated carbocycles. The lowest BCUT2D eigenvalue weighted by Crippen LogP contribution is -2.50. The van der Waals surface area contributed by atoms with E-state index >= 15 is 0 Å². The summed E-state index contributed by atoms with van der Waals surface area (Å²) in [4.78, 5) is 27.7. The van der Waals surface area contributed by atoms with Gasteiger partial charge in [-0.3, -0.25) is 13.9 Å². The van der Waals surface area contributed by atoms with E-state index < -0.39 is 28.5 Å². The van der Waals surface area contributed by atoms with E-state index in [2.05, 4.69) is 5.32 Å². The molecule has 0 aliphatic rings. The highest BCUT2D eigenvalue weighted by molar-refractivity contribution is 7.92.